The third-order valence-electron chi connectivity index (χ3n) is 1.72. The molecule has 1 rings (SSSR count). The fourth-order valence-electron chi connectivity index (χ4n) is 1.18. The van der Waals surface area contributed by atoms with Gasteiger partial charge in [0, 0.05) is 0 Å². The summed E-state index contributed by atoms with van der Waals surface area (Å²) < 4.78 is 5.19. The van der Waals surface area contributed by atoms with Gasteiger partial charge in [0.2, 0.25) is 0 Å². The second-order valence-electron chi connectivity index (χ2n) is 2.38. The zero-order valence-corrected chi connectivity index (χ0v) is 10.3. The maximum absolute atomic E-state index is 5.19. The van der Waals surface area contributed by atoms with Crippen molar-refractivity contribution in [3.63, 3.8) is 0 Å². The summed E-state index contributed by atoms with van der Waals surface area (Å²) in [5.41, 5.74) is 0. The molecule has 0 aromatic rings. The van der Waals surface area contributed by atoms with Crippen molar-refractivity contribution in [3.8, 4) is 0 Å². The molecule has 0 atom stereocenters. The molecule has 1 aliphatic rings. The van der Waals surface area contributed by atoms with Crippen molar-refractivity contribution < 1.29 is 24.1 Å². The number of hydrogen-bond acceptors (Lipinski definition) is 1. The van der Waals surface area contributed by atoms with Crippen molar-refractivity contribution in [2.75, 3.05) is 0 Å². The summed E-state index contributed by atoms with van der Waals surface area (Å²) in [5.74, 6) is 0. The molecule has 0 aromatic heterocycles. The van der Waals surface area contributed by atoms with Gasteiger partial charge >= 0.3 is 62.4 Å². The monoisotopic (exact) mass is 255 g/mol. The zero-order chi connectivity index (χ0) is 5.82. The van der Waals surface area contributed by atoms with Crippen LogP contribution < -0.4 is 0 Å². The Morgan fingerprint density at radius 2 is 1.36 bits per heavy atom. The molecule has 69 valence electrons. The Labute approximate surface area is 99.1 Å². The van der Waals surface area contributed by atoms with Gasteiger partial charge in [0.05, 0.1) is 0 Å². The first-order chi connectivity index (χ1) is 3.93. The van der Waals surface area contributed by atoms with E-state index in [9.17, 15) is 0 Å². The summed E-state index contributed by atoms with van der Waals surface area (Å²) in [6.45, 7) is 0. The molecule has 0 spiro atoms. The van der Waals surface area contributed by atoms with Crippen LogP contribution >= 0.6 is 37.2 Å². The number of hydrogen-bond donors (Lipinski definition) is 0. The van der Waals surface area contributed by atoms with Crippen molar-refractivity contribution in [1.82, 2.24) is 0 Å². The molecule has 1 aliphatic carbocycles. The Morgan fingerprint density at radius 3 is 1.64 bits per heavy atom. The van der Waals surface area contributed by atoms with Gasteiger partial charge < -0.3 is 0 Å². The van der Waals surface area contributed by atoms with Crippen molar-refractivity contribution >= 4 is 37.2 Å². The van der Waals surface area contributed by atoms with Crippen molar-refractivity contribution in [1.29, 1.82) is 0 Å². The first-order valence-electron chi connectivity index (χ1n) is 3.26. The standard InChI is InChI=1S/C6H11O.3ClH.Ti/c7-6-4-2-1-3-5-6;;;;/h6H,1-5H2;3*1H;/q-1;;;;+1. The number of halogens is 3. The van der Waals surface area contributed by atoms with Gasteiger partial charge in [0.15, 0.2) is 0 Å². The molecule has 11 heavy (non-hydrogen) atoms. The van der Waals surface area contributed by atoms with E-state index in [1.54, 1.807) is 0 Å². The van der Waals surface area contributed by atoms with E-state index < -0.39 is 0 Å². The minimum atomic E-state index is 0. The molecule has 0 amide bonds. The summed E-state index contributed by atoms with van der Waals surface area (Å²) in [6, 6.07) is 0. The Balaban J connectivity index is -0.000000213. The maximum atomic E-state index is 5.19. The molecule has 1 nitrogen and oxygen atoms in total. The molecule has 0 radical (unpaired) electrons. The molecule has 0 unspecified atom stereocenters. The van der Waals surface area contributed by atoms with Gasteiger partial charge in [-0.3, -0.25) is 0 Å². The zero-order valence-electron chi connectivity index (χ0n) is 6.25. The second kappa shape index (κ2) is 11.5. The van der Waals surface area contributed by atoms with Gasteiger partial charge in [-0.2, -0.15) is 0 Å². The molecular weight excluding hydrogens is 242 g/mol. The van der Waals surface area contributed by atoms with Crippen LogP contribution in [0, 0.1) is 0 Å². The molecule has 0 aromatic carbocycles. The third kappa shape index (κ3) is 7.89. The molecule has 0 bridgehead atoms. The van der Waals surface area contributed by atoms with E-state index in [4.69, 9.17) is 3.32 Å². The van der Waals surface area contributed by atoms with Gasteiger partial charge in [0.25, 0.3) is 0 Å². The third-order valence-corrected chi connectivity index (χ3v) is 2.24. The Morgan fingerprint density at radius 1 is 0.909 bits per heavy atom. The first kappa shape index (κ1) is 18.4. The molecule has 5 heteroatoms. The van der Waals surface area contributed by atoms with Crippen LogP contribution in [0.5, 0.6) is 0 Å². The van der Waals surface area contributed by atoms with Crippen LogP contribution in [-0.2, 0) is 24.1 Å². The average molecular weight is 256 g/mol. The topological polar surface area (TPSA) is 9.23 Å². The van der Waals surface area contributed by atoms with E-state index in [0.29, 0.717) is 6.10 Å². The Kier molecular flexibility index (Phi) is 19.3. The van der Waals surface area contributed by atoms with Gasteiger partial charge in [-0.05, 0) is 0 Å². The molecule has 0 saturated heterocycles. The van der Waals surface area contributed by atoms with Crippen molar-refractivity contribution in [3.05, 3.63) is 0 Å². The summed E-state index contributed by atoms with van der Waals surface area (Å²) >= 11 is 1.82. The van der Waals surface area contributed by atoms with E-state index in [0.717, 1.165) is 0 Å². The fourth-order valence-corrected chi connectivity index (χ4v) is 1.55. The van der Waals surface area contributed by atoms with Crippen LogP contribution in [0.1, 0.15) is 32.1 Å². The van der Waals surface area contributed by atoms with Crippen LogP contribution in [0.25, 0.3) is 0 Å². The van der Waals surface area contributed by atoms with Crippen molar-refractivity contribution in [2.45, 2.75) is 38.2 Å². The van der Waals surface area contributed by atoms with Crippen LogP contribution in [0.15, 0.2) is 0 Å². The summed E-state index contributed by atoms with van der Waals surface area (Å²) in [4.78, 5) is 0. The Hall–Kier alpha value is 1.54. The quantitative estimate of drug-likeness (QED) is 0.655. The normalized spacial score (nSPS) is 17.0. The molecule has 0 N–H and O–H groups in total. The second-order valence-corrected chi connectivity index (χ2v) is 2.75. The van der Waals surface area contributed by atoms with Gasteiger partial charge in [-0.25, -0.2) is 0 Å². The minimum absolute atomic E-state index is 0. The van der Waals surface area contributed by atoms with Crippen LogP contribution in [0.4, 0.5) is 0 Å². The van der Waals surface area contributed by atoms with E-state index in [1.165, 1.54) is 32.1 Å². The van der Waals surface area contributed by atoms with E-state index in [-0.39, 0.29) is 37.2 Å². The van der Waals surface area contributed by atoms with Crippen LogP contribution in [-0.4, -0.2) is 6.10 Å². The van der Waals surface area contributed by atoms with E-state index in [1.807, 2.05) is 20.8 Å². The summed E-state index contributed by atoms with van der Waals surface area (Å²) in [6.07, 6.45) is 7.33. The predicted molar refractivity (Wildman–Crippen MR) is 49.7 cm³/mol. The summed E-state index contributed by atoms with van der Waals surface area (Å²) in [7, 11) is 0. The molecule has 1 fully saturated rings. The van der Waals surface area contributed by atoms with E-state index >= 15 is 0 Å². The van der Waals surface area contributed by atoms with Gasteiger partial charge in [0.1, 0.15) is 0 Å². The van der Waals surface area contributed by atoms with Gasteiger partial charge in [-0.1, -0.05) is 0 Å². The number of rotatable bonds is 1. The van der Waals surface area contributed by atoms with Crippen LogP contribution in [0.3, 0.4) is 0 Å². The predicted octanol–water partition coefficient (Wildman–Crippen LogP) is 3.06. The van der Waals surface area contributed by atoms with Crippen LogP contribution in [0.2, 0.25) is 0 Å². The molecule has 0 heterocycles. The van der Waals surface area contributed by atoms with Gasteiger partial charge in [-0.15, -0.1) is 37.2 Å². The first-order valence-corrected chi connectivity index (χ1v) is 3.89. The molecule has 0 aliphatic heterocycles. The summed E-state index contributed by atoms with van der Waals surface area (Å²) in [5, 5.41) is 0. The van der Waals surface area contributed by atoms with Crippen molar-refractivity contribution in [2.24, 2.45) is 0 Å². The fraction of sp³-hybridized carbons (Fsp3) is 1.00. The average Bonchev–Trinajstić information content (AvgIpc) is 1.90. The van der Waals surface area contributed by atoms with E-state index in [2.05, 4.69) is 0 Å². The SMILES string of the molecule is Cl.Cl.Cl.[Ti][O]C1CCCCC1. The molecular formula is C6H14Cl3OTi. The Bertz CT molecular complexity index is 68.8. The molecule has 1 saturated carbocycles.